The molecule has 4 rings (SSSR count). The molecule has 150 valence electrons. The number of aliphatic carboxylic acids is 1. The Morgan fingerprint density at radius 2 is 1.90 bits per heavy atom. The summed E-state index contributed by atoms with van der Waals surface area (Å²) in [7, 11) is 0. The highest BCUT2D eigenvalue weighted by atomic mass is 16.5. The van der Waals surface area contributed by atoms with E-state index in [1.165, 1.54) is 0 Å². The van der Waals surface area contributed by atoms with E-state index in [1.807, 2.05) is 19.1 Å². The zero-order valence-corrected chi connectivity index (χ0v) is 16.5. The first-order valence-electron chi connectivity index (χ1n) is 9.53. The molecular formula is C23H23NO5. The average molecular weight is 393 g/mol. The highest BCUT2D eigenvalue weighted by Gasteiger charge is 2.34. The number of nitrogens with zero attached hydrogens (tertiary/aromatic N) is 1. The molecule has 1 fully saturated rings. The minimum Gasteiger partial charge on any atom is -0.493 e. The van der Waals surface area contributed by atoms with Crippen molar-refractivity contribution in [3.05, 3.63) is 65.4 Å². The molecule has 6 heteroatoms. The highest BCUT2D eigenvalue weighted by Crippen LogP contribution is 2.28. The summed E-state index contributed by atoms with van der Waals surface area (Å²) in [6.07, 6.45) is -0.0784. The molecule has 0 amide bonds. The van der Waals surface area contributed by atoms with E-state index in [9.17, 15) is 9.59 Å². The number of carbonyl (C=O) groups excluding carboxylic acids is 1. The van der Waals surface area contributed by atoms with E-state index >= 15 is 0 Å². The molecule has 0 spiro atoms. The topological polar surface area (TPSA) is 77.8 Å². The normalized spacial score (nSPS) is 15.1. The molecule has 3 aromatic rings. The van der Waals surface area contributed by atoms with E-state index < -0.39 is 5.97 Å². The molecule has 1 N–H and O–H groups in total. The Hall–Kier alpha value is -3.12. The SMILES string of the molecule is Cc1cc2c(CC(=O)O)cccc2n1C(=O)c1ccc(OCC2(C)COC2)cc1. The van der Waals surface area contributed by atoms with E-state index in [0.717, 1.165) is 11.1 Å². The standard InChI is InChI=1S/C23H23NO5/c1-15-10-19-17(11-21(25)26)4-3-5-20(19)24(15)22(27)16-6-8-18(9-7-16)29-14-23(2)12-28-13-23/h3-10H,11-14H2,1-2H3,(H,25,26). The van der Waals surface area contributed by atoms with Crippen LogP contribution in [0.25, 0.3) is 10.9 Å². The summed E-state index contributed by atoms with van der Waals surface area (Å²) in [4.78, 5) is 24.3. The lowest BCUT2D eigenvalue weighted by Crippen LogP contribution is -2.44. The van der Waals surface area contributed by atoms with Crippen LogP contribution >= 0.6 is 0 Å². The summed E-state index contributed by atoms with van der Waals surface area (Å²) in [5.74, 6) is -0.337. The molecule has 1 saturated heterocycles. The summed E-state index contributed by atoms with van der Waals surface area (Å²) in [6, 6.07) is 14.4. The Kier molecular flexibility index (Phi) is 4.88. The van der Waals surface area contributed by atoms with Crippen LogP contribution in [0.1, 0.15) is 28.5 Å². The number of carboxylic acid groups (broad SMARTS) is 1. The van der Waals surface area contributed by atoms with Crippen molar-refractivity contribution in [1.82, 2.24) is 4.57 Å². The second-order valence-electron chi connectivity index (χ2n) is 7.96. The lowest BCUT2D eigenvalue weighted by Gasteiger charge is -2.37. The van der Waals surface area contributed by atoms with Crippen LogP contribution in [0.3, 0.4) is 0 Å². The zero-order valence-electron chi connectivity index (χ0n) is 16.5. The van der Waals surface area contributed by atoms with Gasteiger partial charge in [0.2, 0.25) is 0 Å². The van der Waals surface area contributed by atoms with Gasteiger partial charge in [-0.3, -0.25) is 14.2 Å². The fourth-order valence-corrected chi connectivity index (χ4v) is 3.63. The number of aromatic nitrogens is 1. The first-order chi connectivity index (χ1) is 13.9. The fraction of sp³-hybridized carbons (Fsp3) is 0.304. The van der Waals surface area contributed by atoms with Gasteiger partial charge in [-0.25, -0.2) is 0 Å². The molecule has 29 heavy (non-hydrogen) atoms. The van der Waals surface area contributed by atoms with Gasteiger partial charge in [0.25, 0.3) is 5.91 Å². The van der Waals surface area contributed by atoms with Gasteiger partial charge in [-0.15, -0.1) is 0 Å². The van der Waals surface area contributed by atoms with Crippen molar-refractivity contribution in [2.24, 2.45) is 5.41 Å². The lowest BCUT2D eigenvalue weighted by atomic mass is 9.90. The largest absolute Gasteiger partial charge is 0.493 e. The first-order valence-corrected chi connectivity index (χ1v) is 9.53. The third-order valence-corrected chi connectivity index (χ3v) is 5.25. The van der Waals surface area contributed by atoms with E-state index in [1.54, 1.807) is 41.0 Å². The van der Waals surface area contributed by atoms with Crippen LogP contribution < -0.4 is 4.74 Å². The maximum atomic E-state index is 13.1. The van der Waals surface area contributed by atoms with Gasteiger partial charge < -0.3 is 14.6 Å². The first kappa shape index (κ1) is 19.2. The molecule has 2 aromatic carbocycles. The average Bonchev–Trinajstić information content (AvgIpc) is 3.01. The number of aryl methyl sites for hydroxylation is 1. The third kappa shape index (κ3) is 3.76. The number of fused-ring (bicyclic) bond motifs is 1. The number of carbonyl (C=O) groups is 2. The number of carboxylic acids is 1. The van der Waals surface area contributed by atoms with Gasteiger partial charge in [-0.2, -0.15) is 0 Å². The zero-order chi connectivity index (χ0) is 20.6. The van der Waals surface area contributed by atoms with Gasteiger partial charge in [-0.05, 0) is 48.9 Å². The molecule has 0 radical (unpaired) electrons. The summed E-state index contributed by atoms with van der Waals surface area (Å²) in [5.41, 5.74) is 2.77. The lowest BCUT2D eigenvalue weighted by molar-refractivity contribution is -0.136. The van der Waals surface area contributed by atoms with Crippen LogP contribution in [0.4, 0.5) is 0 Å². The third-order valence-electron chi connectivity index (χ3n) is 5.25. The van der Waals surface area contributed by atoms with Gasteiger partial charge in [-0.1, -0.05) is 19.1 Å². The van der Waals surface area contributed by atoms with Crippen LogP contribution in [-0.4, -0.2) is 41.4 Å². The van der Waals surface area contributed by atoms with Crippen LogP contribution in [0.2, 0.25) is 0 Å². The molecule has 2 heterocycles. The smallest absolute Gasteiger partial charge is 0.307 e. The van der Waals surface area contributed by atoms with E-state index in [0.29, 0.717) is 42.2 Å². The second-order valence-corrected chi connectivity index (χ2v) is 7.96. The summed E-state index contributed by atoms with van der Waals surface area (Å²) < 4.78 is 12.7. The minimum absolute atomic E-state index is 0.0588. The number of hydrogen-bond acceptors (Lipinski definition) is 4. The van der Waals surface area contributed by atoms with E-state index in [4.69, 9.17) is 14.6 Å². The van der Waals surface area contributed by atoms with Gasteiger partial charge in [0.05, 0.1) is 31.8 Å². The Labute approximate surface area is 168 Å². The van der Waals surface area contributed by atoms with Crippen molar-refractivity contribution in [1.29, 1.82) is 0 Å². The van der Waals surface area contributed by atoms with Crippen molar-refractivity contribution in [2.75, 3.05) is 19.8 Å². The van der Waals surface area contributed by atoms with Crippen molar-refractivity contribution in [3.63, 3.8) is 0 Å². The number of ether oxygens (including phenoxy) is 2. The maximum absolute atomic E-state index is 13.1. The number of rotatable bonds is 6. The summed E-state index contributed by atoms with van der Waals surface area (Å²) >= 11 is 0. The summed E-state index contributed by atoms with van der Waals surface area (Å²) in [6.45, 7) is 5.95. The highest BCUT2D eigenvalue weighted by molar-refractivity contribution is 6.04. The molecule has 0 unspecified atom stereocenters. The van der Waals surface area contributed by atoms with Crippen LogP contribution in [0.15, 0.2) is 48.5 Å². The van der Waals surface area contributed by atoms with Crippen LogP contribution in [0.5, 0.6) is 5.75 Å². The predicted octanol–water partition coefficient (Wildman–Crippen LogP) is 3.68. The number of hydrogen-bond donors (Lipinski definition) is 1. The van der Waals surface area contributed by atoms with Crippen molar-refractivity contribution in [2.45, 2.75) is 20.3 Å². The Bertz CT molecular complexity index is 1080. The maximum Gasteiger partial charge on any atom is 0.307 e. The van der Waals surface area contributed by atoms with Crippen molar-refractivity contribution >= 4 is 22.8 Å². The Morgan fingerprint density at radius 1 is 1.17 bits per heavy atom. The second kappa shape index (κ2) is 7.37. The molecule has 1 aromatic heterocycles. The van der Waals surface area contributed by atoms with E-state index in [2.05, 4.69) is 6.92 Å². The van der Waals surface area contributed by atoms with Gasteiger partial charge in [0.15, 0.2) is 0 Å². The molecule has 0 saturated carbocycles. The molecule has 0 atom stereocenters. The summed E-state index contributed by atoms with van der Waals surface area (Å²) in [5, 5.41) is 9.93. The molecule has 1 aliphatic rings. The number of benzene rings is 2. The van der Waals surface area contributed by atoms with Crippen molar-refractivity contribution < 1.29 is 24.2 Å². The predicted molar refractivity (Wildman–Crippen MR) is 109 cm³/mol. The Balaban J connectivity index is 1.58. The molecule has 1 aliphatic heterocycles. The van der Waals surface area contributed by atoms with Crippen LogP contribution in [0, 0.1) is 12.3 Å². The van der Waals surface area contributed by atoms with Gasteiger partial charge in [0, 0.05) is 22.1 Å². The molecule has 0 bridgehead atoms. The monoisotopic (exact) mass is 393 g/mol. The van der Waals surface area contributed by atoms with Gasteiger partial charge in [0.1, 0.15) is 5.75 Å². The Morgan fingerprint density at radius 3 is 2.52 bits per heavy atom. The van der Waals surface area contributed by atoms with Crippen molar-refractivity contribution in [3.8, 4) is 5.75 Å². The molecule has 0 aliphatic carbocycles. The quantitative estimate of drug-likeness (QED) is 0.691. The van der Waals surface area contributed by atoms with E-state index in [-0.39, 0.29) is 17.7 Å². The fourth-order valence-electron chi connectivity index (χ4n) is 3.63. The molecular weight excluding hydrogens is 370 g/mol. The minimum atomic E-state index is -0.896. The molecule has 6 nitrogen and oxygen atoms in total. The van der Waals surface area contributed by atoms with Crippen LogP contribution in [-0.2, 0) is 16.0 Å². The van der Waals surface area contributed by atoms with Gasteiger partial charge >= 0.3 is 5.97 Å².